The molecule has 22 heteroatoms. The van der Waals surface area contributed by atoms with Crippen LogP contribution in [0.5, 0.6) is 0 Å². The van der Waals surface area contributed by atoms with Crippen molar-refractivity contribution in [3.05, 3.63) is 26.3 Å². The van der Waals surface area contributed by atoms with Crippen molar-refractivity contribution >= 4 is 47.3 Å². The number of ether oxygens (including phenoxy) is 1. The van der Waals surface area contributed by atoms with Gasteiger partial charge in [-0.15, -0.1) is 0 Å². The van der Waals surface area contributed by atoms with Crippen LogP contribution in [0.1, 0.15) is 8.97 Å². The number of nitrogens with one attached hydrogen (secondary N) is 1. The van der Waals surface area contributed by atoms with Crippen molar-refractivity contribution < 1.29 is 68.5 Å². The highest BCUT2D eigenvalue weighted by Crippen LogP contribution is 2.66. The van der Waals surface area contributed by atoms with Crippen molar-refractivity contribution in [3.63, 3.8) is 0 Å². The highest BCUT2D eigenvalue weighted by atomic mass is 35.5. The third-order valence-electron chi connectivity index (χ3n) is 3.20. The molecule has 0 aliphatic carbocycles. The second-order valence-corrected chi connectivity index (χ2v) is 10.7. The Labute approximate surface area is 183 Å². The molecule has 31 heavy (non-hydrogen) atoms. The first kappa shape index (κ1) is 23.8. The average Bonchev–Trinajstić information content (AvgIpc) is 2.79. The maximum Gasteiger partial charge on any atom is 0.490 e. The first-order chi connectivity index (χ1) is 14.6. The molecule has 1 fully saturated rings. The molecule has 0 amide bonds. The quantitative estimate of drug-likeness (QED) is 0.163. The van der Waals surface area contributed by atoms with Crippen LogP contribution in [0.4, 0.5) is 4.39 Å². The van der Waals surface area contributed by atoms with Gasteiger partial charge in [0.25, 0.3) is 11.4 Å². The molecule has 7 N–H and O–H groups in total. The number of phosphoric ester groups is 1. The fourth-order valence-corrected chi connectivity index (χ4v) is 5.34. The first-order valence-electron chi connectivity index (χ1n) is 8.19. The van der Waals surface area contributed by atoms with E-state index < -0.39 is 69.7 Å². The number of aliphatic hydroxyl groups excluding tert-OH is 2. The summed E-state index contributed by atoms with van der Waals surface area (Å²) in [6, 6.07) is 0. The van der Waals surface area contributed by atoms with Gasteiger partial charge in [0.2, 0.25) is 0 Å². The predicted octanol–water partition coefficient (Wildman–Crippen LogP) is -0.181. The largest absolute Gasteiger partial charge is 0.490 e. The lowest BCUT2D eigenvalue weighted by atomic mass is 10.1. The number of aliphatic hydroxyl groups is 2. The van der Waals surface area contributed by atoms with E-state index in [0.717, 1.165) is 6.20 Å². The summed E-state index contributed by atoms with van der Waals surface area (Å²) in [5.41, 5.74) is -0.902. The monoisotopic (exact) mass is 554 g/mol. The number of aromatic amines is 1. The van der Waals surface area contributed by atoms with Gasteiger partial charge in [0.1, 0.15) is 23.8 Å². The van der Waals surface area contributed by atoms with Gasteiger partial charge in [0, 0.05) is 6.20 Å². The van der Waals surface area contributed by atoms with E-state index in [2.05, 4.69) is 17.9 Å². The lowest BCUT2D eigenvalue weighted by Crippen LogP contribution is -2.42. The van der Waals surface area contributed by atoms with Crippen LogP contribution < -0.4 is 5.56 Å². The molecule has 0 bridgehead atoms. The molecule has 2 rings (SSSR count). The molecule has 1 aliphatic heterocycles. The smallest absolute Gasteiger partial charge is 0.385 e. The lowest BCUT2D eigenvalue weighted by Gasteiger charge is -2.24. The summed E-state index contributed by atoms with van der Waals surface area (Å²) in [5, 5.41) is 19.6. The maximum atomic E-state index is 15.4. The summed E-state index contributed by atoms with van der Waals surface area (Å²) >= 11 is 10.4. The molecule has 0 aromatic carbocycles. The van der Waals surface area contributed by atoms with Crippen LogP contribution in [0.15, 0.2) is 11.0 Å². The second-order valence-electron chi connectivity index (χ2n) is 5.52. The van der Waals surface area contributed by atoms with Crippen LogP contribution in [0.2, 0.25) is 5.02 Å². The zero-order valence-electron chi connectivity index (χ0n) is 16.2. The molecular weight excluding hydrogens is 540 g/mol. The standard InChI is InChI=1S/C9H13ClFN2O14P3S/c10-3-1-13(8(31)12-6(3)16)7-4(14)5(15)9(11,25-7)2-24-29(20,21)27-30(22,23)26-28(17,18)19/h1,4-5,7,14-15H,2H2,(H,20,21)(H,22,23)(H,12,16,31)(H2,17,18,19)/t4-,5+,7-,9-/m1/s1/i2D2. The molecule has 6 atom stereocenters. The SMILES string of the molecule is [2H]C([2H])(OP(=O)(O)OP(=O)(O)OP(=O)(O)O)[C@@]1(F)O[C@@H](n2cc(Cl)c(=O)[nH]c2=S)[C@H](O)[C@@H]1O. The molecular formula is C9H13ClFN2O14P3S. The molecule has 1 saturated heterocycles. The van der Waals surface area contributed by atoms with Crippen molar-refractivity contribution in [2.45, 2.75) is 24.3 Å². The van der Waals surface area contributed by atoms with Gasteiger partial charge in [-0.3, -0.25) is 18.9 Å². The molecule has 1 aromatic heterocycles. The van der Waals surface area contributed by atoms with E-state index in [1.165, 1.54) is 0 Å². The van der Waals surface area contributed by atoms with Crippen molar-refractivity contribution in [2.24, 2.45) is 0 Å². The molecule has 1 aromatic rings. The molecule has 16 nitrogen and oxygen atoms in total. The minimum absolute atomic E-state index is 0.543. The zero-order chi connectivity index (χ0) is 25.8. The number of hydrogen-bond donors (Lipinski definition) is 7. The summed E-state index contributed by atoms with van der Waals surface area (Å²) in [6.07, 6.45) is -6.64. The Morgan fingerprint density at radius 1 is 1.29 bits per heavy atom. The summed E-state index contributed by atoms with van der Waals surface area (Å²) < 4.78 is 79.5. The van der Waals surface area contributed by atoms with E-state index in [1.807, 2.05) is 4.98 Å². The number of hydrogen-bond acceptors (Lipinski definition) is 11. The molecule has 0 radical (unpaired) electrons. The van der Waals surface area contributed by atoms with E-state index in [1.54, 1.807) is 0 Å². The Hall–Kier alpha value is -0.390. The Morgan fingerprint density at radius 3 is 2.42 bits per heavy atom. The second kappa shape index (κ2) is 9.10. The maximum absolute atomic E-state index is 15.4. The Balaban J connectivity index is 2.36. The highest BCUT2D eigenvalue weighted by molar-refractivity contribution is 7.71. The van der Waals surface area contributed by atoms with Gasteiger partial charge in [-0.25, -0.2) is 18.1 Å². The van der Waals surface area contributed by atoms with E-state index >= 15 is 4.39 Å². The third-order valence-corrected chi connectivity index (χ3v) is 7.43. The average molecular weight is 555 g/mol. The summed E-state index contributed by atoms with van der Waals surface area (Å²) in [7, 11) is -18.1. The number of H-pyrrole nitrogens is 1. The van der Waals surface area contributed by atoms with Gasteiger partial charge in [-0.05, 0) is 12.2 Å². The fraction of sp³-hybridized carbons (Fsp3) is 0.556. The van der Waals surface area contributed by atoms with Gasteiger partial charge in [-0.2, -0.15) is 8.62 Å². The van der Waals surface area contributed by atoms with Crippen LogP contribution in [-0.2, 0) is 31.6 Å². The van der Waals surface area contributed by atoms with Crippen molar-refractivity contribution in [1.29, 1.82) is 0 Å². The van der Waals surface area contributed by atoms with Crippen molar-refractivity contribution in [3.8, 4) is 0 Å². The molecule has 0 spiro atoms. The van der Waals surface area contributed by atoms with Crippen molar-refractivity contribution in [1.82, 2.24) is 9.55 Å². The van der Waals surface area contributed by atoms with Crippen LogP contribution in [-0.4, -0.2) is 64.0 Å². The number of alkyl halides is 1. The van der Waals surface area contributed by atoms with Gasteiger partial charge in [-0.1, -0.05) is 11.6 Å². The van der Waals surface area contributed by atoms with Gasteiger partial charge in [0.15, 0.2) is 11.0 Å². The van der Waals surface area contributed by atoms with Crippen LogP contribution in [0.25, 0.3) is 0 Å². The predicted molar refractivity (Wildman–Crippen MR) is 96.7 cm³/mol. The van der Waals surface area contributed by atoms with E-state index in [4.69, 9.17) is 41.2 Å². The van der Waals surface area contributed by atoms with Crippen LogP contribution in [0.3, 0.4) is 0 Å². The summed E-state index contributed by atoms with van der Waals surface area (Å²) in [6.45, 7) is -4.28. The summed E-state index contributed by atoms with van der Waals surface area (Å²) in [5.74, 6) is -4.22. The molecule has 2 heterocycles. The van der Waals surface area contributed by atoms with Gasteiger partial charge in [0.05, 0.1) is 2.74 Å². The fourth-order valence-electron chi connectivity index (χ4n) is 2.06. The Morgan fingerprint density at radius 2 is 1.87 bits per heavy atom. The Kier molecular flexibility index (Phi) is 6.97. The van der Waals surface area contributed by atoms with Crippen LogP contribution in [0, 0.1) is 4.77 Å². The zero-order valence-corrected chi connectivity index (χ0v) is 18.5. The number of aromatic nitrogens is 2. The van der Waals surface area contributed by atoms with Gasteiger partial charge < -0.3 is 34.5 Å². The molecule has 0 saturated carbocycles. The van der Waals surface area contributed by atoms with Crippen LogP contribution >= 0.6 is 47.3 Å². The molecule has 2 unspecified atom stereocenters. The number of rotatable bonds is 8. The number of phosphoric acid groups is 3. The summed E-state index contributed by atoms with van der Waals surface area (Å²) in [4.78, 5) is 48.9. The Bertz CT molecular complexity index is 1190. The first-order valence-corrected chi connectivity index (χ1v) is 12.5. The lowest BCUT2D eigenvalue weighted by molar-refractivity contribution is -0.204. The van der Waals surface area contributed by atoms with Gasteiger partial charge >= 0.3 is 23.5 Å². The topological polar surface area (TPSA) is 247 Å². The number of halogens is 2. The van der Waals surface area contributed by atoms with E-state index in [0.29, 0.717) is 4.57 Å². The minimum atomic E-state index is -6.24. The van der Waals surface area contributed by atoms with E-state index in [-0.39, 0.29) is 0 Å². The highest BCUT2D eigenvalue weighted by Gasteiger charge is 2.57. The van der Waals surface area contributed by atoms with E-state index in [9.17, 15) is 33.6 Å². The number of nitrogens with zero attached hydrogens (tertiary/aromatic N) is 1. The molecule has 1 aliphatic rings. The normalized spacial score (nSPS) is 32.1. The third kappa shape index (κ3) is 6.80. The van der Waals surface area contributed by atoms with Crippen molar-refractivity contribution in [2.75, 3.05) is 6.56 Å². The minimum Gasteiger partial charge on any atom is -0.385 e. The molecule has 178 valence electrons.